The van der Waals surface area contributed by atoms with Gasteiger partial charge in [-0.2, -0.15) is 0 Å². The number of aryl methyl sites for hydroxylation is 2. The molecule has 0 saturated heterocycles. The molecule has 2 rings (SSSR count). The summed E-state index contributed by atoms with van der Waals surface area (Å²) in [6, 6.07) is 9.70. The number of rotatable bonds is 15. The Labute approximate surface area is 233 Å². The van der Waals surface area contributed by atoms with Crippen molar-refractivity contribution in [1.29, 1.82) is 0 Å². The average molecular weight is 471 g/mol. The zero-order valence-electron chi connectivity index (χ0n) is 19.9. The molecule has 0 aliphatic carbocycles. The van der Waals surface area contributed by atoms with E-state index in [0.29, 0.717) is 6.42 Å². The van der Waals surface area contributed by atoms with Crippen LogP contribution in [0.3, 0.4) is 0 Å². The Morgan fingerprint density at radius 1 is 0.710 bits per heavy atom. The van der Waals surface area contributed by atoms with Gasteiger partial charge in [0.25, 0.3) is 0 Å². The van der Waals surface area contributed by atoms with Crippen LogP contribution in [-0.2, 0) is 23.0 Å². The Morgan fingerprint density at radius 3 is 1.74 bits per heavy atom. The molecule has 0 saturated carbocycles. The molecule has 0 fully saturated rings. The monoisotopic (exact) mass is 470 g/mol. The smallest absolute Gasteiger partial charge is 0.744 e. The molecule has 3 nitrogen and oxygen atoms in total. The van der Waals surface area contributed by atoms with Gasteiger partial charge in [0.2, 0.25) is 0 Å². The molecule has 168 valence electrons. The van der Waals surface area contributed by atoms with E-state index in [2.05, 4.69) is 19.9 Å². The third-order valence-electron chi connectivity index (χ3n) is 6.05. The Balaban J connectivity index is 0.00000480. The van der Waals surface area contributed by atoms with Crippen LogP contribution in [0.15, 0.2) is 35.2 Å². The van der Waals surface area contributed by atoms with Crippen LogP contribution in [-0.4, -0.2) is 13.0 Å². The molecule has 5 heteroatoms. The van der Waals surface area contributed by atoms with Gasteiger partial charge in [-0.15, -0.1) is 0 Å². The summed E-state index contributed by atoms with van der Waals surface area (Å²) >= 11 is 0. The molecule has 0 heterocycles. The van der Waals surface area contributed by atoms with Gasteiger partial charge in [-0.1, -0.05) is 102 Å². The van der Waals surface area contributed by atoms with Crippen molar-refractivity contribution in [3.05, 3.63) is 41.5 Å². The Kier molecular flexibility index (Phi) is 15.1. The molecular weight excluding hydrogens is 431 g/mol. The second-order valence-corrected chi connectivity index (χ2v) is 9.90. The number of unbranched alkanes of at least 4 members (excludes halogenated alkanes) is 10. The predicted molar refractivity (Wildman–Crippen MR) is 126 cm³/mol. The number of fused-ring (bicyclic) bond motifs is 1. The molecule has 2 aromatic carbocycles. The fourth-order valence-electron chi connectivity index (χ4n) is 4.35. The Bertz CT molecular complexity index is 878. The van der Waals surface area contributed by atoms with E-state index < -0.39 is 10.1 Å². The summed E-state index contributed by atoms with van der Waals surface area (Å²) in [5.74, 6) is 0. The SMILES string of the molecule is CCCCCCCCc1cc(S(=O)(=O)[O-])c(CCCCCCCC)c2ccccc12.[K+]. The van der Waals surface area contributed by atoms with Gasteiger partial charge in [-0.3, -0.25) is 0 Å². The predicted octanol–water partition coefficient (Wildman–Crippen LogP) is 4.55. The summed E-state index contributed by atoms with van der Waals surface area (Å²) in [6.07, 6.45) is 15.5. The van der Waals surface area contributed by atoms with Crippen LogP contribution >= 0.6 is 0 Å². The fraction of sp³-hybridized carbons (Fsp3) is 0.615. The second kappa shape index (κ2) is 16.0. The topological polar surface area (TPSA) is 57.2 Å². The molecule has 0 atom stereocenters. The summed E-state index contributed by atoms with van der Waals surface area (Å²) in [5.41, 5.74) is 1.73. The van der Waals surface area contributed by atoms with Crippen LogP contribution in [0.5, 0.6) is 0 Å². The van der Waals surface area contributed by atoms with Gasteiger partial charge in [-0.25, -0.2) is 8.42 Å². The Morgan fingerprint density at radius 2 is 1.19 bits per heavy atom. The van der Waals surface area contributed by atoms with Gasteiger partial charge in [0.15, 0.2) is 0 Å². The van der Waals surface area contributed by atoms with Crippen molar-refractivity contribution < 1.29 is 64.4 Å². The largest absolute Gasteiger partial charge is 1.00 e. The normalized spacial score (nSPS) is 11.6. The molecule has 0 aliphatic heterocycles. The van der Waals surface area contributed by atoms with Crippen LogP contribution in [0.25, 0.3) is 10.8 Å². The van der Waals surface area contributed by atoms with Crippen molar-refractivity contribution in [1.82, 2.24) is 0 Å². The maximum atomic E-state index is 12.1. The summed E-state index contributed by atoms with van der Waals surface area (Å²) in [5, 5.41) is 2.06. The first-order valence-corrected chi connectivity index (χ1v) is 13.4. The first-order valence-electron chi connectivity index (χ1n) is 12.0. The molecule has 2 aromatic rings. The zero-order valence-corrected chi connectivity index (χ0v) is 23.9. The quantitative estimate of drug-likeness (QED) is 0.218. The van der Waals surface area contributed by atoms with Gasteiger partial charge in [-0.05, 0) is 53.6 Å². The van der Waals surface area contributed by atoms with Gasteiger partial charge in [0, 0.05) is 0 Å². The zero-order chi connectivity index (χ0) is 21.8. The molecule has 0 amide bonds. The molecular formula is C26H39KO3S. The van der Waals surface area contributed by atoms with E-state index >= 15 is 0 Å². The molecule has 0 aliphatic rings. The molecule has 0 bridgehead atoms. The minimum Gasteiger partial charge on any atom is -0.744 e. The first-order chi connectivity index (χ1) is 14.5. The summed E-state index contributed by atoms with van der Waals surface area (Å²) in [6.45, 7) is 4.41. The summed E-state index contributed by atoms with van der Waals surface area (Å²) in [7, 11) is -4.49. The third kappa shape index (κ3) is 9.95. The minimum atomic E-state index is -4.49. The molecule has 31 heavy (non-hydrogen) atoms. The van der Waals surface area contributed by atoms with Gasteiger partial charge in [0.1, 0.15) is 10.1 Å². The standard InChI is InChI=1S/C26H40O3S.K/c1-3-5-7-9-11-13-17-22-21-26(30(27,28)29)25(20-14-12-10-8-6-4-2)24-19-16-15-18-23(22)24;/h15-16,18-19,21H,3-14,17,20H2,1-2H3,(H,27,28,29);/q;+1/p-1. The minimum absolute atomic E-state index is 0. The third-order valence-corrected chi connectivity index (χ3v) is 6.95. The van der Waals surface area contributed by atoms with Crippen molar-refractivity contribution in [2.45, 2.75) is 109 Å². The van der Waals surface area contributed by atoms with E-state index in [-0.39, 0.29) is 56.3 Å². The Hall–Kier alpha value is 0.246. The van der Waals surface area contributed by atoms with Gasteiger partial charge in [0.05, 0.1) is 4.90 Å². The molecule has 0 spiro atoms. The number of hydrogen-bond acceptors (Lipinski definition) is 3. The summed E-state index contributed by atoms with van der Waals surface area (Å²) < 4.78 is 36.3. The van der Waals surface area contributed by atoms with E-state index in [0.717, 1.165) is 54.0 Å². The van der Waals surface area contributed by atoms with E-state index in [1.165, 1.54) is 51.4 Å². The molecule has 0 aromatic heterocycles. The van der Waals surface area contributed by atoms with Crippen molar-refractivity contribution in [3.8, 4) is 0 Å². The maximum absolute atomic E-state index is 12.1. The second-order valence-electron chi connectivity index (χ2n) is 8.55. The molecule has 0 radical (unpaired) electrons. The first kappa shape index (κ1) is 29.3. The molecule has 0 unspecified atom stereocenters. The maximum Gasteiger partial charge on any atom is 1.00 e. The van der Waals surface area contributed by atoms with E-state index in [9.17, 15) is 13.0 Å². The van der Waals surface area contributed by atoms with Crippen LogP contribution in [0.1, 0.15) is 102 Å². The average Bonchev–Trinajstić information content (AvgIpc) is 2.72. The van der Waals surface area contributed by atoms with Crippen molar-refractivity contribution in [2.75, 3.05) is 0 Å². The van der Waals surface area contributed by atoms with Crippen LogP contribution in [0.4, 0.5) is 0 Å². The number of benzene rings is 2. The van der Waals surface area contributed by atoms with Gasteiger partial charge >= 0.3 is 51.4 Å². The van der Waals surface area contributed by atoms with Crippen LogP contribution in [0, 0.1) is 0 Å². The van der Waals surface area contributed by atoms with Crippen molar-refractivity contribution in [2.24, 2.45) is 0 Å². The van der Waals surface area contributed by atoms with E-state index in [4.69, 9.17) is 0 Å². The molecule has 0 N–H and O–H groups in total. The van der Waals surface area contributed by atoms with Crippen LogP contribution < -0.4 is 51.4 Å². The van der Waals surface area contributed by atoms with Crippen molar-refractivity contribution in [3.63, 3.8) is 0 Å². The van der Waals surface area contributed by atoms with E-state index in [1.807, 2.05) is 18.2 Å². The van der Waals surface area contributed by atoms with Crippen LogP contribution in [0.2, 0.25) is 0 Å². The summed E-state index contributed by atoms with van der Waals surface area (Å²) in [4.78, 5) is 0.00995. The fourth-order valence-corrected chi connectivity index (χ4v) is 5.15. The van der Waals surface area contributed by atoms with E-state index in [1.54, 1.807) is 6.07 Å². The number of hydrogen-bond donors (Lipinski definition) is 0. The van der Waals surface area contributed by atoms with Crippen molar-refractivity contribution >= 4 is 20.9 Å². The van der Waals surface area contributed by atoms with Gasteiger partial charge < -0.3 is 4.55 Å².